The first-order valence-electron chi connectivity index (χ1n) is 6.40. The molecule has 0 saturated carbocycles. The van der Waals surface area contributed by atoms with Gasteiger partial charge in [0, 0.05) is 11.6 Å². The second-order valence-corrected chi connectivity index (χ2v) is 4.95. The minimum atomic E-state index is 0.519. The summed E-state index contributed by atoms with van der Waals surface area (Å²) in [5, 5.41) is 0. The Bertz CT molecular complexity index is 444. The minimum Gasteiger partial charge on any atom is -0.469 e. The number of rotatable bonds is 2. The maximum Gasteiger partial charge on any atom is 0.106 e. The highest BCUT2D eigenvalue weighted by molar-refractivity contribution is 5.47. The molecule has 0 aliphatic carbocycles. The smallest absolute Gasteiger partial charge is 0.106 e. The van der Waals surface area contributed by atoms with Gasteiger partial charge in [0.25, 0.3) is 0 Å². The Morgan fingerprint density at radius 2 is 1.56 bits per heavy atom. The van der Waals surface area contributed by atoms with E-state index in [2.05, 4.69) is 33.8 Å². The van der Waals surface area contributed by atoms with Gasteiger partial charge in [-0.15, -0.1) is 0 Å². The first-order valence-corrected chi connectivity index (χ1v) is 6.40. The molecule has 0 atom stereocenters. The van der Waals surface area contributed by atoms with E-state index in [1.54, 1.807) is 6.26 Å². The molecular formula is C16H23NO. The second kappa shape index (κ2) is 6.90. The molecule has 2 N–H and O–H groups in total. The fourth-order valence-corrected chi connectivity index (χ4v) is 1.66. The molecule has 2 nitrogen and oxygen atoms in total. The number of furan rings is 1. The Hall–Kier alpha value is -1.70. The Morgan fingerprint density at radius 1 is 0.889 bits per heavy atom. The lowest BCUT2D eigenvalue weighted by molar-refractivity contribution is 0.487. The van der Waals surface area contributed by atoms with Crippen LogP contribution in [-0.2, 0) is 0 Å². The largest absolute Gasteiger partial charge is 0.469 e. The van der Waals surface area contributed by atoms with Crippen molar-refractivity contribution in [3.8, 4) is 0 Å². The Morgan fingerprint density at radius 3 is 1.89 bits per heavy atom. The van der Waals surface area contributed by atoms with Crippen LogP contribution >= 0.6 is 0 Å². The number of hydrogen-bond acceptors (Lipinski definition) is 2. The third kappa shape index (κ3) is 4.28. The molecule has 0 bridgehead atoms. The van der Waals surface area contributed by atoms with Gasteiger partial charge in [-0.05, 0) is 29.7 Å². The van der Waals surface area contributed by atoms with Gasteiger partial charge in [0.05, 0.1) is 6.26 Å². The summed E-state index contributed by atoms with van der Waals surface area (Å²) < 4.78 is 5.09. The third-order valence-corrected chi connectivity index (χ3v) is 2.73. The molecule has 0 unspecified atom stereocenters. The number of hydrogen-bond donors (Lipinski definition) is 1. The van der Waals surface area contributed by atoms with E-state index in [1.807, 2.05) is 30.3 Å². The van der Waals surface area contributed by atoms with Gasteiger partial charge < -0.3 is 10.2 Å². The molecule has 0 aliphatic rings. The van der Waals surface area contributed by atoms with Gasteiger partial charge in [-0.3, -0.25) is 0 Å². The molecule has 98 valence electrons. The van der Waals surface area contributed by atoms with E-state index in [0.717, 1.165) is 11.4 Å². The number of para-hydroxylation sites is 1. The summed E-state index contributed by atoms with van der Waals surface area (Å²) in [6.07, 6.45) is 1.70. The number of nitrogen functional groups attached to an aromatic ring is 1. The van der Waals surface area contributed by atoms with Gasteiger partial charge in [0.1, 0.15) is 5.76 Å². The topological polar surface area (TPSA) is 39.2 Å². The lowest BCUT2D eigenvalue weighted by Gasteiger charge is -2.07. The van der Waals surface area contributed by atoms with Crippen LogP contribution in [0.25, 0.3) is 0 Å². The van der Waals surface area contributed by atoms with Crippen molar-refractivity contribution in [2.75, 3.05) is 5.73 Å². The highest BCUT2D eigenvalue weighted by atomic mass is 16.3. The van der Waals surface area contributed by atoms with E-state index in [1.165, 1.54) is 5.56 Å². The highest BCUT2D eigenvalue weighted by Crippen LogP contribution is 2.20. The summed E-state index contributed by atoms with van der Waals surface area (Å²) in [5.74, 6) is 2.11. The van der Waals surface area contributed by atoms with Gasteiger partial charge in [0.15, 0.2) is 0 Å². The van der Waals surface area contributed by atoms with Crippen molar-refractivity contribution in [3.63, 3.8) is 0 Å². The van der Waals surface area contributed by atoms with Gasteiger partial charge >= 0.3 is 0 Å². The normalized spacial score (nSPS) is 10.3. The predicted molar refractivity (Wildman–Crippen MR) is 77.7 cm³/mol. The van der Waals surface area contributed by atoms with Gasteiger partial charge in [0.2, 0.25) is 0 Å². The molecule has 0 saturated heterocycles. The molecule has 1 aromatic carbocycles. The molecule has 1 heterocycles. The number of benzene rings is 1. The fourth-order valence-electron chi connectivity index (χ4n) is 1.66. The van der Waals surface area contributed by atoms with Crippen LogP contribution in [-0.4, -0.2) is 0 Å². The zero-order valence-electron chi connectivity index (χ0n) is 11.7. The molecule has 0 spiro atoms. The van der Waals surface area contributed by atoms with Crippen molar-refractivity contribution in [2.24, 2.45) is 0 Å². The molecule has 18 heavy (non-hydrogen) atoms. The number of anilines is 1. The zero-order chi connectivity index (χ0) is 13.5. The molecule has 2 heteroatoms. The van der Waals surface area contributed by atoms with Crippen LogP contribution in [0, 0.1) is 0 Å². The summed E-state index contributed by atoms with van der Waals surface area (Å²) in [6.45, 7) is 8.51. The zero-order valence-corrected chi connectivity index (χ0v) is 11.7. The molecule has 0 fully saturated rings. The second-order valence-electron chi connectivity index (χ2n) is 4.95. The Kier molecular flexibility index (Phi) is 5.50. The van der Waals surface area contributed by atoms with Crippen molar-refractivity contribution in [1.29, 1.82) is 0 Å². The van der Waals surface area contributed by atoms with Gasteiger partial charge in [-0.25, -0.2) is 0 Å². The van der Waals surface area contributed by atoms with Crippen LogP contribution in [0.1, 0.15) is 50.9 Å². The Balaban J connectivity index is 0.000000184. The number of nitrogens with two attached hydrogens (primary N) is 1. The van der Waals surface area contributed by atoms with Crippen LogP contribution in [0.2, 0.25) is 0 Å². The van der Waals surface area contributed by atoms with Gasteiger partial charge in [-0.1, -0.05) is 45.9 Å². The summed E-state index contributed by atoms with van der Waals surface area (Å²) in [5.41, 5.74) is 7.86. The maximum atomic E-state index is 5.72. The highest BCUT2D eigenvalue weighted by Gasteiger charge is 2.00. The van der Waals surface area contributed by atoms with Crippen LogP contribution in [0.4, 0.5) is 5.69 Å². The van der Waals surface area contributed by atoms with Crippen molar-refractivity contribution in [3.05, 3.63) is 54.0 Å². The SMILES string of the molecule is CC(C)c1ccccc1N.CC(C)c1ccco1. The molecule has 1 aromatic heterocycles. The van der Waals surface area contributed by atoms with E-state index in [9.17, 15) is 0 Å². The van der Waals surface area contributed by atoms with E-state index < -0.39 is 0 Å². The first kappa shape index (κ1) is 14.4. The molecule has 0 aliphatic heterocycles. The average molecular weight is 245 g/mol. The molecule has 0 radical (unpaired) electrons. The fraction of sp³-hybridized carbons (Fsp3) is 0.375. The van der Waals surface area contributed by atoms with Crippen molar-refractivity contribution >= 4 is 5.69 Å². The summed E-state index contributed by atoms with van der Waals surface area (Å²) in [7, 11) is 0. The molecular weight excluding hydrogens is 222 g/mol. The van der Waals surface area contributed by atoms with Crippen molar-refractivity contribution < 1.29 is 4.42 Å². The maximum absolute atomic E-state index is 5.72. The lowest BCUT2D eigenvalue weighted by Crippen LogP contribution is -1.94. The van der Waals surface area contributed by atoms with Crippen LogP contribution in [0.5, 0.6) is 0 Å². The van der Waals surface area contributed by atoms with E-state index >= 15 is 0 Å². The standard InChI is InChI=1S/C9H13N.C7H10O/c1-7(2)8-5-3-4-6-9(8)10;1-6(2)7-4-3-5-8-7/h3-7H,10H2,1-2H3;3-6H,1-2H3. The molecule has 2 rings (SSSR count). The minimum absolute atomic E-state index is 0.519. The van der Waals surface area contributed by atoms with E-state index in [-0.39, 0.29) is 0 Å². The lowest BCUT2D eigenvalue weighted by atomic mass is 10.0. The summed E-state index contributed by atoms with van der Waals surface area (Å²) in [6, 6.07) is 11.9. The monoisotopic (exact) mass is 245 g/mol. The van der Waals surface area contributed by atoms with Crippen molar-refractivity contribution in [2.45, 2.75) is 39.5 Å². The van der Waals surface area contributed by atoms with Crippen molar-refractivity contribution in [1.82, 2.24) is 0 Å². The average Bonchev–Trinajstić information content (AvgIpc) is 2.83. The molecule has 2 aromatic rings. The van der Waals surface area contributed by atoms with E-state index in [0.29, 0.717) is 11.8 Å². The van der Waals surface area contributed by atoms with Crippen LogP contribution in [0.15, 0.2) is 47.1 Å². The Labute approximate surface area is 110 Å². The van der Waals surface area contributed by atoms with Crippen LogP contribution in [0.3, 0.4) is 0 Å². The van der Waals surface area contributed by atoms with Crippen LogP contribution < -0.4 is 5.73 Å². The summed E-state index contributed by atoms with van der Waals surface area (Å²) in [4.78, 5) is 0. The predicted octanol–water partition coefficient (Wildman–Crippen LogP) is 4.80. The van der Waals surface area contributed by atoms with Gasteiger partial charge in [-0.2, -0.15) is 0 Å². The summed E-state index contributed by atoms with van der Waals surface area (Å²) >= 11 is 0. The quantitative estimate of drug-likeness (QED) is 0.772. The third-order valence-electron chi connectivity index (χ3n) is 2.73. The molecule has 0 amide bonds. The first-order chi connectivity index (χ1) is 8.52. The van der Waals surface area contributed by atoms with E-state index in [4.69, 9.17) is 10.2 Å².